The van der Waals surface area contributed by atoms with Crippen molar-refractivity contribution in [3.8, 4) is 5.75 Å². The standard InChI is InChI=1S/C20H22N4O4/c1-3-6-15-17-11(9-28-15)16(22-19(23-17)18(21)25)12-10-27-14-8-5-4-7-13(14)24(2)20(12)26/h4-5,7-8,12,15H,3,6,9-10H2,1-2H3,(H2,21,25)/t12-,15?/m1/s1. The number of carbonyl (C=O) groups excluding carboxylic acids is 2. The summed E-state index contributed by atoms with van der Waals surface area (Å²) in [5, 5.41) is 0. The van der Waals surface area contributed by atoms with E-state index in [-0.39, 0.29) is 24.4 Å². The van der Waals surface area contributed by atoms with E-state index in [1.165, 1.54) is 0 Å². The van der Waals surface area contributed by atoms with Gasteiger partial charge in [0.15, 0.2) is 0 Å². The van der Waals surface area contributed by atoms with E-state index in [1.807, 2.05) is 31.2 Å². The van der Waals surface area contributed by atoms with Gasteiger partial charge < -0.3 is 20.1 Å². The fraction of sp³-hybridized carbons (Fsp3) is 0.400. The first-order valence-electron chi connectivity index (χ1n) is 9.32. The van der Waals surface area contributed by atoms with Crippen molar-refractivity contribution in [1.29, 1.82) is 0 Å². The highest BCUT2D eigenvalue weighted by Crippen LogP contribution is 2.39. The Bertz CT molecular complexity index is 946. The van der Waals surface area contributed by atoms with Gasteiger partial charge in [-0.2, -0.15) is 0 Å². The maximum absolute atomic E-state index is 13.2. The van der Waals surface area contributed by atoms with Crippen LogP contribution in [0.15, 0.2) is 24.3 Å². The number of primary amides is 1. The van der Waals surface area contributed by atoms with Crippen molar-refractivity contribution in [3.63, 3.8) is 0 Å². The quantitative estimate of drug-likeness (QED) is 0.867. The number of nitrogens with two attached hydrogens (primary N) is 1. The monoisotopic (exact) mass is 382 g/mol. The van der Waals surface area contributed by atoms with Gasteiger partial charge in [0, 0.05) is 12.6 Å². The molecule has 4 rings (SSSR count). The maximum Gasteiger partial charge on any atom is 0.286 e. The lowest BCUT2D eigenvalue weighted by Gasteiger charge is -2.21. The SMILES string of the molecule is CCCC1OCc2c1nc(C(N)=O)nc2[C@H]1COc2ccccc2N(C)C1=O. The van der Waals surface area contributed by atoms with E-state index < -0.39 is 11.8 Å². The lowest BCUT2D eigenvalue weighted by atomic mass is 9.97. The molecule has 0 saturated carbocycles. The smallest absolute Gasteiger partial charge is 0.286 e. The Balaban J connectivity index is 1.80. The molecule has 0 fully saturated rings. The number of carbonyl (C=O) groups is 2. The molecule has 0 aliphatic carbocycles. The summed E-state index contributed by atoms with van der Waals surface area (Å²) >= 11 is 0. The summed E-state index contributed by atoms with van der Waals surface area (Å²) in [6.45, 7) is 2.46. The molecule has 2 aliphatic heterocycles. The number of hydrogen-bond donors (Lipinski definition) is 1. The molecule has 0 bridgehead atoms. The molecule has 1 unspecified atom stereocenters. The van der Waals surface area contributed by atoms with Crippen LogP contribution in [0.5, 0.6) is 5.75 Å². The summed E-state index contributed by atoms with van der Waals surface area (Å²) in [5.74, 6) is -1.05. The van der Waals surface area contributed by atoms with Gasteiger partial charge in [-0.25, -0.2) is 9.97 Å². The van der Waals surface area contributed by atoms with E-state index in [0.717, 1.165) is 18.4 Å². The number of nitrogens with zero attached hydrogens (tertiary/aromatic N) is 3. The van der Waals surface area contributed by atoms with Crippen LogP contribution in [0.3, 0.4) is 0 Å². The van der Waals surface area contributed by atoms with Crippen LogP contribution in [0, 0.1) is 0 Å². The predicted molar refractivity (Wildman–Crippen MR) is 101 cm³/mol. The average Bonchev–Trinajstić information content (AvgIpc) is 3.05. The lowest BCUT2D eigenvalue weighted by Crippen LogP contribution is -2.34. The minimum atomic E-state index is -0.732. The highest BCUT2D eigenvalue weighted by Gasteiger charge is 2.37. The molecule has 8 heteroatoms. The number of anilines is 1. The van der Waals surface area contributed by atoms with Gasteiger partial charge in [-0.15, -0.1) is 0 Å². The average molecular weight is 382 g/mol. The molecule has 2 amide bonds. The number of rotatable bonds is 4. The second-order valence-corrected chi connectivity index (χ2v) is 6.98. The van der Waals surface area contributed by atoms with Crippen molar-refractivity contribution in [2.75, 3.05) is 18.6 Å². The number of benzene rings is 1. The highest BCUT2D eigenvalue weighted by molar-refractivity contribution is 5.99. The number of amides is 2. The summed E-state index contributed by atoms with van der Waals surface area (Å²) in [6, 6.07) is 7.35. The van der Waals surface area contributed by atoms with E-state index in [1.54, 1.807) is 11.9 Å². The molecule has 2 aliphatic rings. The van der Waals surface area contributed by atoms with E-state index in [9.17, 15) is 9.59 Å². The molecular weight excluding hydrogens is 360 g/mol. The van der Waals surface area contributed by atoms with Gasteiger partial charge in [0.25, 0.3) is 5.91 Å². The van der Waals surface area contributed by atoms with Crippen molar-refractivity contribution in [3.05, 3.63) is 47.0 Å². The molecule has 0 spiro atoms. The van der Waals surface area contributed by atoms with Crippen LogP contribution >= 0.6 is 0 Å². The molecule has 0 saturated heterocycles. The Labute approximate surface area is 162 Å². The minimum Gasteiger partial charge on any atom is -0.490 e. The van der Waals surface area contributed by atoms with Crippen molar-refractivity contribution in [2.24, 2.45) is 5.73 Å². The summed E-state index contributed by atoms with van der Waals surface area (Å²) in [7, 11) is 1.70. The lowest BCUT2D eigenvalue weighted by molar-refractivity contribution is -0.120. The Morgan fingerprint density at radius 1 is 1.29 bits per heavy atom. The molecule has 0 radical (unpaired) electrons. The normalized spacial score (nSPS) is 20.9. The maximum atomic E-state index is 13.2. The van der Waals surface area contributed by atoms with Crippen LogP contribution in [0.25, 0.3) is 0 Å². The Hall–Kier alpha value is -3.00. The molecule has 2 atom stereocenters. The van der Waals surface area contributed by atoms with Crippen LogP contribution < -0.4 is 15.4 Å². The predicted octanol–water partition coefficient (Wildman–Crippen LogP) is 2.09. The van der Waals surface area contributed by atoms with Crippen LogP contribution in [0.2, 0.25) is 0 Å². The fourth-order valence-corrected chi connectivity index (χ4v) is 3.73. The first-order valence-corrected chi connectivity index (χ1v) is 9.32. The molecule has 28 heavy (non-hydrogen) atoms. The molecule has 146 valence electrons. The molecular formula is C20H22N4O4. The third kappa shape index (κ3) is 2.99. The summed E-state index contributed by atoms with van der Waals surface area (Å²) in [4.78, 5) is 35.3. The van der Waals surface area contributed by atoms with E-state index in [4.69, 9.17) is 15.2 Å². The van der Waals surface area contributed by atoms with Crippen molar-refractivity contribution < 1.29 is 19.1 Å². The van der Waals surface area contributed by atoms with Crippen LogP contribution in [0.1, 0.15) is 59.4 Å². The number of likely N-dealkylation sites (N-methyl/N-ethyl adjacent to an activating group) is 1. The molecule has 8 nitrogen and oxygen atoms in total. The third-order valence-corrected chi connectivity index (χ3v) is 5.17. The van der Waals surface area contributed by atoms with Gasteiger partial charge in [0.1, 0.15) is 24.4 Å². The molecule has 2 N–H and O–H groups in total. The minimum absolute atomic E-state index is 0.0995. The van der Waals surface area contributed by atoms with Crippen molar-refractivity contribution in [1.82, 2.24) is 9.97 Å². The van der Waals surface area contributed by atoms with Crippen LogP contribution in [-0.4, -0.2) is 35.4 Å². The summed E-state index contributed by atoms with van der Waals surface area (Å²) in [5.41, 5.74) is 8.01. The third-order valence-electron chi connectivity index (χ3n) is 5.17. The zero-order valence-corrected chi connectivity index (χ0v) is 15.8. The van der Waals surface area contributed by atoms with E-state index in [0.29, 0.717) is 29.4 Å². The van der Waals surface area contributed by atoms with Gasteiger partial charge in [0.2, 0.25) is 11.7 Å². The first kappa shape index (κ1) is 18.4. The van der Waals surface area contributed by atoms with Crippen molar-refractivity contribution >= 4 is 17.5 Å². The van der Waals surface area contributed by atoms with E-state index in [2.05, 4.69) is 9.97 Å². The number of ether oxygens (including phenoxy) is 2. The fourth-order valence-electron chi connectivity index (χ4n) is 3.73. The van der Waals surface area contributed by atoms with Crippen LogP contribution in [0.4, 0.5) is 5.69 Å². The molecule has 2 aromatic rings. The zero-order chi connectivity index (χ0) is 19.8. The highest BCUT2D eigenvalue weighted by atomic mass is 16.5. The first-order chi connectivity index (χ1) is 13.5. The Morgan fingerprint density at radius 3 is 2.79 bits per heavy atom. The Kier molecular flexibility index (Phi) is 4.72. The van der Waals surface area contributed by atoms with E-state index >= 15 is 0 Å². The topological polar surface area (TPSA) is 108 Å². The van der Waals surface area contributed by atoms with Gasteiger partial charge in [-0.3, -0.25) is 9.59 Å². The largest absolute Gasteiger partial charge is 0.490 e. The van der Waals surface area contributed by atoms with Crippen molar-refractivity contribution in [2.45, 2.75) is 38.4 Å². The number of aromatic nitrogens is 2. The Morgan fingerprint density at radius 2 is 2.04 bits per heavy atom. The molecule has 1 aromatic heterocycles. The van der Waals surface area contributed by atoms with Gasteiger partial charge in [-0.05, 0) is 18.6 Å². The number of hydrogen-bond acceptors (Lipinski definition) is 6. The second-order valence-electron chi connectivity index (χ2n) is 6.98. The number of para-hydroxylation sites is 2. The summed E-state index contributed by atoms with van der Waals surface area (Å²) in [6.07, 6.45) is 1.44. The summed E-state index contributed by atoms with van der Waals surface area (Å²) < 4.78 is 11.8. The van der Waals surface area contributed by atoms with Gasteiger partial charge in [0.05, 0.1) is 23.7 Å². The zero-order valence-electron chi connectivity index (χ0n) is 15.8. The van der Waals surface area contributed by atoms with Crippen LogP contribution in [-0.2, 0) is 16.1 Å². The second kappa shape index (κ2) is 7.20. The number of fused-ring (bicyclic) bond motifs is 2. The van der Waals surface area contributed by atoms with Gasteiger partial charge in [-0.1, -0.05) is 25.5 Å². The molecule has 3 heterocycles. The molecule has 1 aromatic carbocycles. The van der Waals surface area contributed by atoms with Gasteiger partial charge >= 0.3 is 0 Å².